The van der Waals surface area contributed by atoms with E-state index >= 15 is 0 Å². The molecule has 1 aromatic carbocycles. The maximum absolute atomic E-state index is 10.7. The van der Waals surface area contributed by atoms with Gasteiger partial charge in [-0.05, 0) is 29.9 Å². The Kier molecular flexibility index (Phi) is 4.36. The highest BCUT2D eigenvalue weighted by Crippen LogP contribution is 2.32. The summed E-state index contributed by atoms with van der Waals surface area (Å²) in [6.07, 6.45) is 1.22. The van der Waals surface area contributed by atoms with Crippen molar-refractivity contribution in [3.8, 4) is 11.5 Å². The van der Waals surface area contributed by atoms with Crippen LogP contribution in [0.4, 0.5) is 0 Å². The molecule has 0 spiro atoms. The Morgan fingerprint density at radius 3 is 2.94 bits per heavy atom. The molecule has 0 bridgehead atoms. The van der Waals surface area contributed by atoms with E-state index in [1.54, 1.807) is 25.3 Å². The number of carboxylic acids is 1. The summed E-state index contributed by atoms with van der Waals surface area (Å²) >= 11 is 1.87. The Balaban J connectivity index is 2.15. The average molecular weight is 268 g/mol. The van der Waals surface area contributed by atoms with Gasteiger partial charge >= 0.3 is 5.97 Å². The number of hydrogen-bond donors (Lipinski definition) is 1. The summed E-state index contributed by atoms with van der Waals surface area (Å²) in [7, 11) is 1.59. The molecule has 0 radical (unpaired) electrons. The number of thioether (sulfide) groups is 1. The van der Waals surface area contributed by atoms with Crippen molar-refractivity contribution in [2.75, 3.05) is 18.6 Å². The van der Waals surface area contributed by atoms with Gasteiger partial charge in [0.25, 0.3) is 0 Å². The number of methoxy groups -OCH3 is 1. The van der Waals surface area contributed by atoms with E-state index in [0.717, 1.165) is 23.5 Å². The second kappa shape index (κ2) is 6.00. The zero-order valence-corrected chi connectivity index (χ0v) is 11.0. The molecule has 0 aromatic heterocycles. The highest BCUT2D eigenvalue weighted by molar-refractivity contribution is 7.99. The molecule has 0 saturated carbocycles. The smallest absolute Gasteiger partial charge is 0.307 e. The van der Waals surface area contributed by atoms with Crippen LogP contribution in [0.2, 0.25) is 0 Å². The van der Waals surface area contributed by atoms with Gasteiger partial charge in [0, 0.05) is 5.75 Å². The van der Waals surface area contributed by atoms with Crippen LogP contribution in [-0.4, -0.2) is 35.8 Å². The molecule has 1 unspecified atom stereocenters. The summed E-state index contributed by atoms with van der Waals surface area (Å²) in [6.45, 7) is 0. The molecular formula is C13H16O4S. The van der Waals surface area contributed by atoms with Gasteiger partial charge in [-0.3, -0.25) is 4.79 Å². The van der Waals surface area contributed by atoms with E-state index in [4.69, 9.17) is 14.6 Å². The monoisotopic (exact) mass is 268 g/mol. The van der Waals surface area contributed by atoms with Gasteiger partial charge in [-0.2, -0.15) is 11.8 Å². The van der Waals surface area contributed by atoms with Crippen LogP contribution in [0.25, 0.3) is 0 Å². The highest BCUT2D eigenvalue weighted by Gasteiger charge is 2.19. The lowest BCUT2D eigenvalue weighted by molar-refractivity contribution is -0.136. The van der Waals surface area contributed by atoms with Gasteiger partial charge in [0.1, 0.15) is 6.10 Å². The number of aliphatic carboxylic acids is 1. The summed E-state index contributed by atoms with van der Waals surface area (Å²) in [4.78, 5) is 10.7. The summed E-state index contributed by atoms with van der Waals surface area (Å²) in [5.41, 5.74) is 0.726. The second-order valence-corrected chi connectivity index (χ2v) is 5.31. The molecule has 1 heterocycles. The number of carboxylic acid groups (broad SMARTS) is 1. The van der Waals surface area contributed by atoms with Crippen molar-refractivity contribution in [3.63, 3.8) is 0 Å². The molecule has 1 fully saturated rings. The maximum atomic E-state index is 10.7. The van der Waals surface area contributed by atoms with Crippen molar-refractivity contribution in [1.29, 1.82) is 0 Å². The molecule has 1 N–H and O–H groups in total. The fourth-order valence-electron chi connectivity index (χ4n) is 1.88. The first kappa shape index (κ1) is 13.1. The molecule has 0 amide bonds. The molecule has 98 valence electrons. The summed E-state index contributed by atoms with van der Waals surface area (Å²) in [6, 6.07) is 5.27. The lowest BCUT2D eigenvalue weighted by Crippen LogP contribution is -2.15. The van der Waals surface area contributed by atoms with Gasteiger partial charge in [-0.15, -0.1) is 0 Å². The molecule has 1 saturated heterocycles. The van der Waals surface area contributed by atoms with E-state index < -0.39 is 5.97 Å². The minimum absolute atomic E-state index is 0.000227. The quantitative estimate of drug-likeness (QED) is 0.887. The third-order valence-electron chi connectivity index (χ3n) is 2.76. The van der Waals surface area contributed by atoms with Crippen molar-refractivity contribution >= 4 is 17.7 Å². The number of benzene rings is 1. The fraction of sp³-hybridized carbons (Fsp3) is 0.462. The third kappa shape index (κ3) is 3.32. The number of rotatable bonds is 5. The zero-order valence-electron chi connectivity index (χ0n) is 10.2. The number of ether oxygens (including phenoxy) is 2. The van der Waals surface area contributed by atoms with E-state index in [-0.39, 0.29) is 12.5 Å². The maximum Gasteiger partial charge on any atom is 0.307 e. The van der Waals surface area contributed by atoms with E-state index in [9.17, 15) is 4.79 Å². The van der Waals surface area contributed by atoms with Gasteiger partial charge in [0.2, 0.25) is 0 Å². The molecule has 4 nitrogen and oxygen atoms in total. The lowest BCUT2D eigenvalue weighted by atomic mass is 10.1. The van der Waals surface area contributed by atoms with Gasteiger partial charge in [0.15, 0.2) is 11.5 Å². The Bertz CT molecular complexity index is 427. The van der Waals surface area contributed by atoms with Crippen LogP contribution >= 0.6 is 11.8 Å². The molecule has 1 aliphatic rings. The van der Waals surface area contributed by atoms with Crippen LogP contribution in [0.3, 0.4) is 0 Å². The molecule has 1 aromatic rings. The predicted molar refractivity (Wildman–Crippen MR) is 70.7 cm³/mol. The molecule has 18 heavy (non-hydrogen) atoms. The first-order chi connectivity index (χ1) is 8.69. The van der Waals surface area contributed by atoms with Crippen molar-refractivity contribution in [3.05, 3.63) is 23.8 Å². The van der Waals surface area contributed by atoms with Crippen LogP contribution < -0.4 is 9.47 Å². The predicted octanol–water partition coefficient (Wildman–Crippen LogP) is 2.21. The van der Waals surface area contributed by atoms with Crippen molar-refractivity contribution < 1.29 is 19.4 Å². The fourth-order valence-corrected chi connectivity index (χ4v) is 2.98. The molecule has 1 atom stereocenters. The van der Waals surface area contributed by atoms with Gasteiger partial charge < -0.3 is 14.6 Å². The van der Waals surface area contributed by atoms with Crippen LogP contribution in [0.15, 0.2) is 18.2 Å². The van der Waals surface area contributed by atoms with Crippen LogP contribution in [0.5, 0.6) is 11.5 Å². The zero-order chi connectivity index (χ0) is 13.0. The first-order valence-corrected chi connectivity index (χ1v) is 6.97. The largest absolute Gasteiger partial charge is 0.493 e. The lowest BCUT2D eigenvalue weighted by Gasteiger charge is -2.16. The Labute approximate surface area is 110 Å². The van der Waals surface area contributed by atoms with Crippen LogP contribution in [0, 0.1) is 0 Å². The highest BCUT2D eigenvalue weighted by atomic mass is 32.2. The van der Waals surface area contributed by atoms with E-state index in [2.05, 4.69) is 0 Å². The third-order valence-corrected chi connectivity index (χ3v) is 3.90. The Hall–Kier alpha value is -1.36. The molecule has 1 aliphatic heterocycles. The van der Waals surface area contributed by atoms with Crippen LogP contribution in [-0.2, 0) is 11.2 Å². The second-order valence-electron chi connectivity index (χ2n) is 4.16. The van der Waals surface area contributed by atoms with E-state index in [1.807, 2.05) is 11.8 Å². The Morgan fingerprint density at radius 2 is 2.33 bits per heavy atom. The standard InChI is InChI=1S/C13H16O4S/c1-16-11-3-2-9(7-13(14)15)6-12(11)17-10-4-5-18-8-10/h2-3,6,10H,4-5,7-8H2,1H3,(H,14,15). The molecule has 0 aliphatic carbocycles. The van der Waals surface area contributed by atoms with Gasteiger partial charge in [0.05, 0.1) is 13.5 Å². The topological polar surface area (TPSA) is 55.8 Å². The summed E-state index contributed by atoms with van der Waals surface area (Å²) in [5, 5.41) is 8.79. The number of hydrogen-bond acceptors (Lipinski definition) is 4. The van der Waals surface area contributed by atoms with Crippen molar-refractivity contribution in [2.24, 2.45) is 0 Å². The normalized spacial score (nSPS) is 18.6. The van der Waals surface area contributed by atoms with Gasteiger partial charge in [-0.1, -0.05) is 6.07 Å². The Morgan fingerprint density at radius 1 is 1.50 bits per heavy atom. The van der Waals surface area contributed by atoms with E-state index in [0.29, 0.717) is 11.5 Å². The van der Waals surface area contributed by atoms with E-state index in [1.165, 1.54) is 0 Å². The van der Waals surface area contributed by atoms with Crippen molar-refractivity contribution in [1.82, 2.24) is 0 Å². The minimum Gasteiger partial charge on any atom is -0.493 e. The first-order valence-electron chi connectivity index (χ1n) is 5.82. The number of carbonyl (C=O) groups is 1. The van der Waals surface area contributed by atoms with Gasteiger partial charge in [-0.25, -0.2) is 0 Å². The molecule has 5 heteroatoms. The SMILES string of the molecule is COc1ccc(CC(=O)O)cc1OC1CCSC1. The molecule has 2 rings (SSSR count). The molecular weight excluding hydrogens is 252 g/mol. The van der Waals surface area contributed by atoms with Crippen molar-refractivity contribution in [2.45, 2.75) is 18.9 Å². The summed E-state index contributed by atoms with van der Waals surface area (Å²) in [5.74, 6) is 2.54. The average Bonchev–Trinajstić information content (AvgIpc) is 2.81. The summed E-state index contributed by atoms with van der Waals surface area (Å²) < 4.78 is 11.1. The van der Waals surface area contributed by atoms with Crippen LogP contribution in [0.1, 0.15) is 12.0 Å². The minimum atomic E-state index is -0.845.